The van der Waals surface area contributed by atoms with Crippen LogP contribution in [0.2, 0.25) is 0 Å². The van der Waals surface area contributed by atoms with Crippen molar-refractivity contribution in [1.29, 1.82) is 0 Å². The lowest BCUT2D eigenvalue weighted by Gasteiger charge is -2.32. The predicted molar refractivity (Wildman–Crippen MR) is 133 cm³/mol. The van der Waals surface area contributed by atoms with Crippen molar-refractivity contribution in [2.24, 2.45) is 5.73 Å². The zero-order valence-corrected chi connectivity index (χ0v) is 20.5. The van der Waals surface area contributed by atoms with Gasteiger partial charge in [-0.3, -0.25) is 19.3 Å². The number of unbranched alkanes of at least 4 members (excludes halogenated alkanes) is 1. The van der Waals surface area contributed by atoms with Crippen LogP contribution in [0.1, 0.15) is 79.0 Å². The number of benzene rings is 1. The van der Waals surface area contributed by atoms with Gasteiger partial charge in [-0.15, -0.1) is 0 Å². The van der Waals surface area contributed by atoms with Crippen LogP contribution in [0.3, 0.4) is 0 Å². The standard InChI is InChI=1S/C24H33N5O4S/c1-3-5-12-17(23(31)27-15-10-6-7-11-15)29(16-13-8-9-14-18(16)33-4-2)24(32)21-19(25)20(22(26)30)28-34-21/h8-9,13-15,17H,3-7,10-12,25H2,1-2H3,(H2,26,30)(H,27,31)/t17-/m1/s1. The molecule has 9 nitrogen and oxygen atoms in total. The van der Waals surface area contributed by atoms with Gasteiger partial charge in [0.05, 0.1) is 18.0 Å². The number of nitrogens with two attached hydrogens (primary N) is 2. The fourth-order valence-corrected chi connectivity index (χ4v) is 4.98. The van der Waals surface area contributed by atoms with Crippen molar-refractivity contribution in [3.63, 3.8) is 0 Å². The van der Waals surface area contributed by atoms with E-state index in [2.05, 4.69) is 9.69 Å². The highest BCUT2D eigenvalue weighted by Gasteiger charge is 2.36. The maximum absolute atomic E-state index is 13.9. The maximum atomic E-state index is 13.9. The number of hydrogen-bond donors (Lipinski definition) is 3. The number of nitrogen functional groups attached to an aromatic ring is 1. The van der Waals surface area contributed by atoms with Gasteiger partial charge in [0.2, 0.25) is 5.91 Å². The van der Waals surface area contributed by atoms with E-state index in [0.717, 1.165) is 50.1 Å². The first-order chi connectivity index (χ1) is 16.4. The molecule has 1 aromatic heterocycles. The first kappa shape index (κ1) is 25.5. The first-order valence-corrected chi connectivity index (χ1v) is 12.6. The molecule has 3 amide bonds. The van der Waals surface area contributed by atoms with Gasteiger partial charge in [-0.1, -0.05) is 44.7 Å². The highest BCUT2D eigenvalue weighted by molar-refractivity contribution is 7.09. The number of ether oxygens (including phenoxy) is 1. The number of hydrogen-bond acceptors (Lipinski definition) is 7. The van der Waals surface area contributed by atoms with Crippen molar-refractivity contribution in [2.45, 2.75) is 70.9 Å². The molecule has 1 aliphatic rings. The Morgan fingerprint density at radius 3 is 2.56 bits per heavy atom. The highest BCUT2D eigenvalue weighted by Crippen LogP contribution is 2.35. The minimum Gasteiger partial charge on any atom is -0.492 e. The Balaban J connectivity index is 2.09. The van der Waals surface area contributed by atoms with Crippen molar-refractivity contribution < 1.29 is 19.1 Å². The number of nitrogens with zero attached hydrogens (tertiary/aromatic N) is 2. The van der Waals surface area contributed by atoms with Crippen molar-refractivity contribution in [3.05, 3.63) is 34.8 Å². The first-order valence-electron chi connectivity index (χ1n) is 11.8. The molecule has 1 aromatic carbocycles. The molecule has 0 aliphatic heterocycles. The van der Waals surface area contributed by atoms with Crippen LogP contribution >= 0.6 is 11.5 Å². The molecular formula is C24H33N5O4S. The second-order valence-electron chi connectivity index (χ2n) is 8.36. The Bertz CT molecular complexity index is 1020. The van der Waals surface area contributed by atoms with Gasteiger partial charge in [0.1, 0.15) is 16.7 Å². The molecule has 2 aromatic rings. The van der Waals surface area contributed by atoms with Crippen LogP contribution in [0.15, 0.2) is 24.3 Å². The Labute approximate surface area is 204 Å². The number of carbonyl (C=O) groups excluding carboxylic acids is 3. The number of primary amides is 1. The van der Waals surface area contributed by atoms with E-state index in [4.69, 9.17) is 16.2 Å². The van der Waals surface area contributed by atoms with Crippen molar-refractivity contribution in [3.8, 4) is 5.75 Å². The molecule has 0 spiro atoms. The number of aromatic nitrogens is 1. The minimum atomic E-state index is -0.810. The Morgan fingerprint density at radius 1 is 1.24 bits per heavy atom. The smallest absolute Gasteiger partial charge is 0.272 e. The molecular weight excluding hydrogens is 454 g/mol. The number of rotatable bonds is 11. The summed E-state index contributed by atoms with van der Waals surface area (Å²) < 4.78 is 9.79. The average molecular weight is 488 g/mol. The summed E-state index contributed by atoms with van der Waals surface area (Å²) in [5.74, 6) is -1.06. The zero-order chi connectivity index (χ0) is 24.7. The SMILES string of the molecule is CCCC[C@H](C(=O)NC1CCCC1)N(C(=O)c1snc(C(N)=O)c1N)c1ccccc1OCC. The zero-order valence-electron chi connectivity index (χ0n) is 19.7. The van der Waals surface area contributed by atoms with E-state index in [9.17, 15) is 14.4 Å². The van der Waals surface area contributed by atoms with Gasteiger partial charge in [-0.2, -0.15) is 4.37 Å². The molecule has 1 saturated carbocycles. The topological polar surface area (TPSA) is 141 Å². The largest absolute Gasteiger partial charge is 0.492 e. The quantitative estimate of drug-likeness (QED) is 0.443. The summed E-state index contributed by atoms with van der Waals surface area (Å²) >= 11 is 0.801. The molecule has 5 N–H and O–H groups in total. The van der Waals surface area contributed by atoms with E-state index < -0.39 is 17.9 Å². The molecule has 1 atom stereocenters. The summed E-state index contributed by atoms with van der Waals surface area (Å²) in [6.07, 6.45) is 6.08. The Morgan fingerprint density at radius 2 is 1.94 bits per heavy atom. The van der Waals surface area contributed by atoms with E-state index in [-0.39, 0.29) is 28.2 Å². The summed E-state index contributed by atoms with van der Waals surface area (Å²) in [4.78, 5) is 40.7. The molecule has 10 heteroatoms. The van der Waals surface area contributed by atoms with Crippen LogP contribution < -0.4 is 26.4 Å². The third-order valence-corrected chi connectivity index (χ3v) is 6.80. The highest BCUT2D eigenvalue weighted by atomic mass is 32.1. The summed E-state index contributed by atoms with van der Waals surface area (Å²) in [6, 6.07) is 6.42. The molecule has 0 unspecified atom stereocenters. The molecule has 0 saturated heterocycles. The van der Waals surface area contributed by atoms with Crippen LogP contribution in [0.4, 0.5) is 11.4 Å². The van der Waals surface area contributed by atoms with E-state index in [1.165, 1.54) is 4.90 Å². The van der Waals surface area contributed by atoms with E-state index in [0.29, 0.717) is 24.5 Å². The lowest BCUT2D eigenvalue weighted by Crippen LogP contribution is -2.52. The monoisotopic (exact) mass is 487 g/mol. The third kappa shape index (κ3) is 5.67. The van der Waals surface area contributed by atoms with E-state index in [1.54, 1.807) is 18.2 Å². The molecule has 0 radical (unpaired) electrons. The van der Waals surface area contributed by atoms with Gasteiger partial charge in [0.15, 0.2) is 5.69 Å². The van der Waals surface area contributed by atoms with Crippen LogP contribution in [0.5, 0.6) is 5.75 Å². The van der Waals surface area contributed by atoms with E-state index in [1.807, 2.05) is 19.9 Å². The van der Waals surface area contributed by atoms with Crippen molar-refractivity contribution in [1.82, 2.24) is 9.69 Å². The van der Waals surface area contributed by atoms with Gasteiger partial charge in [-0.25, -0.2) is 0 Å². The molecule has 34 heavy (non-hydrogen) atoms. The summed E-state index contributed by atoms with van der Waals surface area (Å²) in [5.41, 5.74) is 11.7. The van der Waals surface area contributed by atoms with Crippen LogP contribution in [0.25, 0.3) is 0 Å². The van der Waals surface area contributed by atoms with Crippen LogP contribution in [0, 0.1) is 0 Å². The lowest BCUT2D eigenvalue weighted by atomic mass is 10.0. The van der Waals surface area contributed by atoms with Crippen LogP contribution in [-0.4, -0.2) is 40.8 Å². The Hall–Kier alpha value is -3.14. The fraction of sp³-hybridized carbons (Fsp3) is 0.500. The number of amides is 3. The van der Waals surface area contributed by atoms with Gasteiger partial charge in [0, 0.05) is 6.04 Å². The molecule has 1 fully saturated rings. The van der Waals surface area contributed by atoms with E-state index >= 15 is 0 Å². The summed E-state index contributed by atoms with van der Waals surface area (Å²) in [5, 5.41) is 3.14. The van der Waals surface area contributed by atoms with Crippen molar-refractivity contribution >= 4 is 40.6 Å². The molecule has 1 aliphatic carbocycles. The average Bonchev–Trinajstić information content (AvgIpc) is 3.46. The summed E-state index contributed by atoms with van der Waals surface area (Å²) in [7, 11) is 0. The lowest BCUT2D eigenvalue weighted by molar-refractivity contribution is -0.123. The number of carbonyl (C=O) groups is 3. The number of anilines is 2. The van der Waals surface area contributed by atoms with Crippen LogP contribution in [-0.2, 0) is 4.79 Å². The van der Waals surface area contributed by atoms with Gasteiger partial charge < -0.3 is 21.5 Å². The fourth-order valence-electron chi connectivity index (χ4n) is 4.23. The normalized spacial score (nSPS) is 14.5. The van der Waals surface area contributed by atoms with Gasteiger partial charge in [0.25, 0.3) is 11.8 Å². The molecule has 184 valence electrons. The number of nitrogens with one attached hydrogen (secondary N) is 1. The minimum absolute atomic E-state index is 0.0651. The molecule has 0 bridgehead atoms. The number of para-hydroxylation sites is 2. The van der Waals surface area contributed by atoms with Gasteiger partial charge in [-0.05, 0) is 49.9 Å². The third-order valence-electron chi connectivity index (χ3n) is 5.95. The van der Waals surface area contributed by atoms with Gasteiger partial charge >= 0.3 is 0 Å². The second kappa shape index (κ2) is 11.8. The predicted octanol–water partition coefficient (Wildman–Crippen LogP) is 3.49. The Kier molecular flexibility index (Phi) is 8.86. The maximum Gasteiger partial charge on any atom is 0.272 e. The van der Waals surface area contributed by atoms with Crippen molar-refractivity contribution in [2.75, 3.05) is 17.2 Å². The molecule has 1 heterocycles. The second-order valence-corrected chi connectivity index (χ2v) is 9.14. The summed E-state index contributed by atoms with van der Waals surface area (Å²) in [6.45, 7) is 4.28. The molecule has 3 rings (SSSR count).